The van der Waals surface area contributed by atoms with Crippen molar-refractivity contribution < 1.29 is 14.3 Å². The zero-order chi connectivity index (χ0) is 19.4. The van der Waals surface area contributed by atoms with E-state index in [0.717, 1.165) is 15.4 Å². The minimum Gasteiger partial charge on any atom is -0.467 e. The van der Waals surface area contributed by atoms with E-state index in [4.69, 9.17) is 16.3 Å². The molecule has 1 amide bonds. The molecule has 0 aliphatic heterocycles. The number of para-hydroxylation sites is 1. The van der Waals surface area contributed by atoms with Crippen molar-refractivity contribution in [2.24, 2.45) is 0 Å². The third kappa shape index (κ3) is 4.46. The standard InChI is InChI=1S/C20H16BrClN2O3/c1-27-20(26)17(11-13-10-14(22)7-8-16(13)21)24-19(25)15-6-2-4-12-5-3-9-23-18(12)15/h2-10,17H,11H2,1H3,(H,24,25)/t17-/m0/s1. The molecule has 0 unspecified atom stereocenters. The van der Waals surface area contributed by atoms with Crippen LogP contribution in [0.25, 0.3) is 10.9 Å². The number of methoxy groups -OCH3 is 1. The van der Waals surface area contributed by atoms with Crippen molar-refractivity contribution in [3.05, 3.63) is 75.4 Å². The van der Waals surface area contributed by atoms with Crippen LogP contribution in [0, 0.1) is 0 Å². The van der Waals surface area contributed by atoms with Crippen LogP contribution in [0.3, 0.4) is 0 Å². The van der Waals surface area contributed by atoms with Crippen LogP contribution in [0.2, 0.25) is 5.02 Å². The number of ether oxygens (including phenoxy) is 1. The Morgan fingerprint density at radius 2 is 2.00 bits per heavy atom. The average molecular weight is 448 g/mol. The molecule has 5 nitrogen and oxygen atoms in total. The summed E-state index contributed by atoms with van der Waals surface area (Å²) in [6.07, 6.45) is 1.86. The van der Waals surface area contributed by atoms with Gasteiger partial charge in [0.05, 0.1) is 18.2 Å². The summed E-state index contributed by atoms with van der Waals surface area (Å²) in [4.78, 5) is 29.4. The Bertz CT molecular complexity index is 1000. The van der Waals surface area contributed by atoms with E-state index < -0.39 is 17.9 Å². The Labute approximate surface area is 169 Å². The molecular formula is C20H16BrClN2O3. The molecule has 7 heteroatoms. The minimum absolute atomic E-state index is 0.234. The summed E-state index contributed by atoms with van der Waals surface area (Å²) in [7, 11) is 1.29. The molecule has 0 fully saturated rings. The number of amides is 1. The first-order valence-electron chi connectivity index (χ1n) is 8.16. The van der Waals surface area contributed by atoms with Gasteiger partial charge in [0.25, 0.3) is 5.91 Å². The SMILES string of the molecule is COC(=O)[C@H](Cc1cc(Cl)ccc1Br)NC(=O)c1cccc2cccnc12. The van der Waals surface area contributed by atoms with Crippen molar-refractivity contribution in [1.29, 1.82) is 0 Å². The van der Waals surface area contributed by atoms with E-state index in [1.165, 1.54) is 7.11 Å². The van der Waals surface area contributed by atoms with Gasteiger partial charge < -0.3 is 10.1 Å². The monoisotopic (exact) mass is 446 g/mol. The van der Waals surface area contributed by atoms with E-state index in [9.17, 15) is 9.59 Å². The fourth-order valence-electron chi connectivity index (χ4n) is 2.78. The molecule has 3 rings (SSSR count). The number of rotatable bonds is 5. The lowest BCUT2D eigenvalue weighted by Gasteiger charge is -2.18. The average Bonchev–Trinajstić information content (AvgIpc) is 2.69. The maximum Gasteiger partial charge on any atom is 0.328 e. The van der Waals surface area contributed by atoms with E-state index in [2.05, 4.69) is 26.2 Å². The molecule has 0 radical (unpaired) electrons. The molecular weight excluding hydrogens is 432 g/mol. The molecule has 0 saturated carbocycles. The van der Waals surface area contributed by atoms with Gasteiger partial charge in [-0.05, 0) is 35.9 Å². The fraction of sp³-hybridized carbons (Fsp3) is 0.150. The van der Waals surface area contributed by atoms with Crippen molar-refractivity contribution in [3.8, 4) is 0 Å². The van der Waals surface area contributed by atoms with E-state index in [0.29, 0.717) is 16.1 Å². The van der Waals surface area contributed by atoms with Gasteiger partial charge in [-0.1, -0.05) is 45.7 Å². The maximum absolute atomic E-state index is 12.8. The quantitative estimate of drug-likeness (QED) is 0.596. The molecule has 3 aromatic rings. The van der Waals surface area contributed by atoms with Gasteiger partial charge in [-0.3, -0.25) is 9.78 Å². The Morgan fingerprint density at radius 1 is 1.22 bits per heavy atom. The van der Waals surface area contributed by atoms with Crippen molar-refractivity contribution in [3.63, 3.8) is 0 Å². The van der Waals surface area contributed by atoms with E-state index >= 15 is 0 Å². The topological polar surface area (TPSA) is 68.3 Å². The van der Waals surface area contributed by atoms with Gasteiger partial charge in [0.1, 0.15) is 6.04 Å². The van der Waals surface area contributed by atoms with Crippen LogP contribution in [0.5, 0.6) is 0 Å². The molecule has 1 heterocycles. The van der Waals surface area contributed by atoms with Crippen molar-refractivity contribution in [1.82, 2.24) is 10.3 Å². The van der Waals surface area contributed by atoms with Crippen LogP contribution >= 0.6 is 27.5 Å². The lowest BCUT2D eigenvalue weighted by atomic mass is 10.0. The van der Waals surface area contributed by atoms with Gasteiger partial charge in [0.2, 0.25) is 0 Å². The number of benzene rings is 2. The van der Waals surface area contributed by atoms with Gasteiger partial charge >= 0.3 is 5.97 Å². The van der Waals surface area contributed by atoms with E-state index in [1.807, 2.05) is 12.1 Å². The van der Waals surface area contributed by atoms with Crippen LogP contribution in [0.15, 0.2) is 59.2 Å². The van der Waals surface area contributed by atoms with Crippen LogP contribution in [-0.2, 0) is 16.0 Å². The fourth-order valence-corrected chi connectivity index (χ4v) is 3.38. The van der Waals surface area contributed by atoms with Gasteiger partial charge in [-0.15, -0.1) is 0 Å². The number of nitrogens with zero attached hydrogens (tertiary/aromatic N) is 1. The zero-order valence-electron chi connectivity index (χ0n) is 14.4. The van der Waals surface area contributed by atoms with Gasteiger partial charge in [-0.2, -0.15) is 0 Å². The molecule has 0 saturated heterocycles. The lowest BCUT2D eigenvalue weighted by Crippen LogP contribution is -2.43. The second kappa shape index (κ2) is 8.50. The highest BCUT2D eigenvalue weighted by Gasteiger charge is 2.24. The molecule has 138 valence electrons. The second-order valence-electron chi connectivity index (χ2n) is 5.87. The molecule has 1 atom stereocenters. The largest absolute Gasteiger partial charge is 0.467 e. The van der Waals surface area contributed by atoms with Crippen LogP contribution < -0.4 is 5.32 Å². The highest BCUT2D eigenvalue weighted by Crippen LogP contribution is 2.23. The lowest BCUT2D eigenvalue weighted by molar-refractivity contribution is -0.142. The summed E-state index contributed by atoms with van der Waals surface area (Å²) in [6.45, 7) is 0. The highest BCUT2D eigenvalue weighted by molar-refractivity contribution is 9.10. The first-order valence-corrected chi connectivity index (χ1v) is 9.33. The zero-order valence-corrected chi connectivity index (χ0v) is 16.8. The van der Waals surface area contributed by atoms with Crippen molar-refractivity contribution >= 4 is 50.3 Å². The Kier molecular flexibility index (Phi) is 6.08. The first-order chi connectivity index (χ1) is 13.0. The molecule has 0 spiro atoms. The third-order valence-electron chi connectivity index (χ3n) is 4.10. The number of fused-ring (bicyclic) bond motifs is 1. The Hall–Kier alpha value is -2.44. The number of halogens is 2. The van der Waals surface area contributed by atoms with Crippen molar-refractivity contribution in [2.45, 2.75) is 12.5 Å². The number of hydrogen-bond donors (Lipinski definition) is 1. The van der Waals surface area contributed by atoms with Gasteiger partial charge in [-0.25, -0.2) is 4.79 Å². The smallest absolute Gasteiger partial charge is 0.328 e. The summed E-state index contributed by atoms with van der Waals surface area (Å²) in [5.74, 6) is -0.934. The summed E-state index contributed by atoms with van der Waals surface area (Å²) in [6, 6.07) is 13.4. The normalized spacial score (nSPS) is 11.8. The number of esters is 1. The molecule has 1 aromatic heterocycles. The summed E-state index contributed by atoms with van der Waals surface area (Å²) < 4.78 is 5.65. The molecule has 2 aromatic carbocycles. The molecule has 0 aliphatic rings. The predicted molar refractivity (Wildman–Crippen MR) is 108 cm³/mol. The van der Waals surface area contributed by atoms with Crippen molar-refractivity contribution in [2.75, 3.05) is 7.11 Å². The van der Waals surface area contributed by atoms with Gasteiger partial charge in [0, 0.05) is 27.5 Å². The third-order valence-corrected chi connectivity index (χ3v) is 5.11. The van der Waals surface area contributed by atoms with Crippen LogP contribution in [0.1, 0.15) is 15.9 Å². The summed E-state index contributed by atoms with van der Waals surface area (Å²) in [5, 5.41) is 4.14. The summed E-state index contributed by atoms with van der Waals surface area (Å²) in [5.41, 5.74) is 1.76. The number of carbonyl (C=O) groups excluding carboxylic acids is 2. The number of pyridine rings is 1. The maximum atomic E-state index is 12.8. The van der Waals surface area contributed by atoms with Crippen LogP contribution in [0.4, 0.5) is 0 Å². The minimum atomic E-state index is -0.865. The number of carbonyl (C=O) groups is 2. The van der Waals surface area contributed by atoms with Crippen LogP contribution in [-0.4, -0.2) is 30.0 Å². The molecule has 27 heavy (non-hydrogen) atoms. The van der Waals surface area contributed by atoms with E-state index in [1.54, 1.807) is 42.6 Å². The summed E-state index contributed by atoms with van der Waals surface area (Å²) >= 11 is 9.49. The highest BCUT2D eigenvalue weighted by atomic mass is 79.9. The number of hydrogen-bond acceptors (Lipinski definition) is 4. The Balaban J connectivity index is 1.89. The molecule has 0 bridgehead atoms. The number of nitrogens with one attached hydrogen (secondary N) is 1. The molecule has 0 aliphatic carbocycles. The first kappa shape index (κ1) is 19.3. The predicted octanol–water partition coefficient (Wildman–Crippen LogP) is 4.16. The van der Waals surface area contributed by atoms with E-state index in [-0.39, 0.29) is 6.42 Å². The Morgan fingerprint density at radius 3 is 2.78 bits per heavy atom. The molecule has 1 N–H and O–H groups in total. The second-order valence-corrected chi connectivity index (χ2v) is 7.16. The van der Waals surface area contributed by atoms with Gasteiger partial charge in [0.15, 0.2) is 0 Å². The number of aromatic nitrogens is 1.